The van der Waals surface area contributed by atoms with Gasteiger partial charge in [-0.25, -0.2) is 0 Å². The fraction of sp³-hybridized carbons (Fsp3) is 0.364. The molecule has 1 saturated carbocycles. The van der Waals surface area contributed by atoms with E-state index in [1.807, 2.05) is 18.2 Å². The largest absolute Gasteiger partial charge is 0.461 e. The van der Waals surface area contributed by atoms with Crippen molar-refractivity contribution in [2.24, 2.45) is 5.73 Å². The molecule has 0 atom stereocenters. The van der Waals surface area contributed by atoms with E-state index in [4.69, 9.17) is 14.7 Å². The molecule has 1 fully saturated rings. The van der Waals surface area contributed by atoms with E-state index >= 15 is 0 Å². The van der Waals surface area contributed by atoms with Crippen molar-refractivity contribution in [1.29, 1.82) is 0 Å². The second kappa shape index (κ2) is 2.97. The standard InChI is InChI=1S/C11H12N2O2/c12-7-11(3-4-11)10-6-9(15-13-10)8-2-1-5-14-8/h1-2,5-6H,3-4,7,12H2. The fourth-order valence-corrected chi connectivity index (χ4v) is 1.78. The van der Waals surface area contributed by atoms with Gasteiger partial charge in [-0.15, -0.1) is 0 Å². The van der Waals surface area contributed by atoms with Gasteiger partial charge < -0.3 is 14.7 Å². The molecule has 4 nitrogen and oxygen atoms in total. The van der Waals surface area contributed by atoms with E-state index in [9.17, 15) is 0 Å². The van der Waals surface area contributed by atoms with E-state index in [0.29, 0.717) is 18.1 Å². The van der Waals surface area contributed by atoms with Crippen LogP contribution < -0.4 is 5.73 Å². The SMILES string of the molecule is NCC1(c2cc(-c3ccco3)on2)CC1. The highest BCUT2D eigenvalue weighted by Crippen LogP contribution is 2.47. The molecule has 0 unspecified atom stereocenters. The molecule has 1 aliphatic carbocycles. The Morgan fingerprint density at radius 2 is 2.27 bits per heavy atom. The van der Waals surface area contributed by atoms with E-state index in [-0.39, 0.29) is 5.41 Å². The lowest BCUT2D eigenvalue weighted by atomic mass is 10.0. The lowest BCUT2D eigenvalue weighted by molar-refractivity contribution is 0.402. The molecule has 0 aromatic carbocycles. The van der Waals surface area contributed by atoms with Crippen molar-refractivity contribution >= 4 is 0 Å². The van der Waals surface area contributed by atoms with Crippen LogP contribution in [0.25, 0.3) is 11.5 Å². The lowest BCUT2D eigenvalue weighted by Gasteiger charge is -2.05. The van der Waals surface area contributed by atoms with Crippen molar-refractivity contribution in [2.45, 2.75) is 18.3 Å². The Hall–Kier alpha value is -1.55. The molecule has 1 aliphatic rings. The predicted molar refractivity (Wildman–Crippen MR) is 54.2 cm³/mol. The van der Waals surface area contributed by atoms with Crippen LogP contribution in [-0.2, 0) is 5.41 Å². The molecule has 0 radical (unpaired) electrons. The summed E-state index contributed by atoms with van der Waals surface area (Å²) in [6, 6.07) is 5.61. The summed E-state index contributed by atoms with van der Waals surface area (Å²) in [5, 5.41) is 4.06. The third-order valence-electron chi connectivity index (χ3n) is 3.06. The zero-order valence-electron chi connectivity index (χ0n) is 8.27. The van der Waals surface area contributed by atoms with Crippen LogP contribution in [0.2, 0.25) is 0 Å². The van der Waals surface area contributed by atoms with E-state index in [1.165, 1.54) is 0 Å². The van der Waals surface area contributed by atoms with Gasteiger partial charge in [0, 0.05) is 18.0 Å². The molecule has 78 valence electrons. The average Bonchev–Trinajstić information content (AvgIpc) is 2.74. The molecule has 3 rings (SSSR count). The Morgan fingerprint density at radius 3 is 2.87 bits per heavy atom. The summed E-state index contributed by atoms with van der Waals surface area (Å²) >= 11 is 0. The van der Waals surface area contributed by atoms with Crippen molar-refractivity contribution in [3.63, 3.8) is 0 Å². The summed E-state index contributed by atoms with van der Waals surface area (Å²) < 4.78 is 10.5. The van der Waals surface area contributed by atoms with Gasteiger partial charge in [0.15, 0.2) is 5.76 Å². The molecule has 0 amide bonds. The first kappa shape index (κ1) is 8.73. The molecular formula is C11H12N2O2. The molecule has 0 bridgehead atoms. The van der Waals surface area contributed by atoms with Gasteiger partial charge in [-0.1, -0.05) is 5.16 Å². The van der Waals surface area contributed by atoms with Crippen LogP contribution in [0.15, 0.2) is 33.4 Å². The number of aromatic nitrogens is 1. The quantitative estimate of drug-likeness (QED) is 0.829. The molecular weight excluding hydrogens is 192 g/mol. The van der Waals surface area contributed by atoms with Gasteiger partial charge in [-0.3, -0.25) is 0 Å². The molecule has 0 spiro atoms. The van der Waals surface area contributed by atoms with Crippen LogP contribution in [0.1, 0.15) is 18.5 Å². The van der Waals surface area contributed by atoms with E-state index in [0.717, 1.165) is 18.5 Å². The summed E-state index contributed by atoms with van der Waals surface area (Å²) in [6.07, 6.45) is 3.83. The molecule has 2 aromatic heterocycles. The molecule has 4 heteroatoms. The average molecular weight is 204 g/mol. The Balaban J connectivity index is 1.95. The fourth-order valence-electron chi connectivity index (χ4n) is 1.78. The number of hydrogen-bond acceptors (Lipinski definition) is 4. The van der Waals surface area contributed by atoms with Gasteiger partial charge in [0.2, 0.25) is 5.76 Å². The highest BCUT2D eigenvalue weighted by molar-refractivity contribution is 5.50. The Bertz CT molecular complexity index is 455. The van der Waals surface area contributed by atoms with Gasteiger partial charge in [-0.2, -0.15) is 0 Å². The Kier molecular flexibility index (Phi) is 1.73. The second-order valence-corrected chi connectivity index (χ2v) is 4.04. The molecule has 2 aromatic rings. The van der Waals surface area contributed by atoms with Gasteiger partial charge in [0.25, 0.3) is 0 Å². The van der Waals surface area contributed by atoms with Gasteiger partial charge in [0.1, 0.15) is 0 Å². The van der Waals surface area contributed by atoms with E-state index in [2.05, 4.69) is 5.16 Å². The van der Waals surface area contributed by atoms with Crippen molar-refractivity contribution in [3.05, 3.63) is 30.2 Å². The predicted octanol–water partition coefficient (Wildman–Crippen LogP) is 1.92. The lowest BCUT2D eigenvalue weighted by Crippen LogP contribution is -2.19. The molecule has 2 heterocycles. The number of furan rings is 1. The molecule has 2 N–H and O–H groups in total. The highest BCUT2D eigenvalue weighted by atomic mass is 16.5. The third-order valence-corrected chi connectivity index (χ3v) is 3.06. The van der Waals surface area contributed by atoms with E-state index in [1.54, 1.807) is 6.26 Å². The normalized spacial score (nSPS) is 17.9. The summed E-state index contributed by atoms with van der Waals surface area (Å²) in [4.78, 5) is 0. The van der Waals surface area contributed by atoms with Gasteiger partial charge in [0.05, 0.1) is 12.0 Å². The summed E-state index contributed by atoms with van der Waals surface area (Å²) in [7, 11) is 0. The minimum absolute atomic E-state index is 0.0777. The van der Waals surface area contributed by atoms with Crippen LogP contribution in [-0.4, -0.2) is 11.7 Å². The number of hydrogen-bond donors (Lipinski definition) is 1. The van der Waals surface area contributed by atoms with Crippen molar-refractivity contribution < 1.29 is 8.94 Å². The maximum atomic E-state index is 5.72. The number of nitrogens with two attached hydrogens (primary N) is 1. The Labute approximate surface area is 87.0 Å². The smallest absolute Gasteiger partial charge is 0.202 e. The second-order valence-electron chi connectivity index (χ2n) is 4.04. The van der Waals surface area contributed by atoms with Gasteiger partial charge in [-0.05, 0) is 25.0 Å². The van der Waals surface area contributed by atoms with Crippen LogP contribution in [0.3, 0.4) is 0 Å². The van der Waals surface area contributed by atoms with Crippen LogP contribution in [0.4, 0.5) is 0 Å². The van der Waals surface area contributed by atoms with Crippen LogP contribution in [0, 0.1) is 0 Å². The monoisotopic (exact) mass is 204 g/mol. The van der Waals surface area contributed by atoms with Gasteiger partial charge >= 0.3 is 0 Å². The molecule has 0 aliphatic heterocycles. The summed E-state index contributed by atoms with van der Waals surface area (Å²) in [5.41, 5.74) is 6.76. The zero-order valence-corrected chi connectivity index (χ0v) is 8.27. The number of rotatable bonds is 3. The highest BCUT2D eigenvalue weighted by Gasteiger charge is 2.45. The third kappa shape index (κ3) is 1.29. The number of nitrogens with zero attached hydrogens (tertiary/aromatic N) is 1. The zero-order chi connectivity index (χ0) is 10.3. The van der Waals surface area contributed by atoms with Crippen molar-refractivity contribution in [1.82, 2.24) is 5.16 Å². The minimum Gasteiger partial charge on any atom is -0.461 e. The summed E-state index contributed by atoms with van der Waals surface area (Å²) in [6.45, 7) is 0.636. The molecule has 0 saturated heterocycles. The first-order chi connectivity index (χ1) is 7.34. The first-order valence-electron chi connectivity index (χ1n) is 5.05. The topological polar surface area (TPSA) is 65.2 Å². The van der Waals surface area contributed by atoms with Crippen molar-refractivity contribution in [3.8, 4) is 11.5 Å². The Morgan fingerprint density at radius 1 is 1.40 bits per heavy atom. The maximum absolute atomic E-state index is 5.72. The first-order valence-corrected chi connectivity index (χ1v) is 5.05. The maximum Gasteiger partial charge on any atom is 0.202 e. The van der Waals surface area contributed by atoms with Crippen LogP contribution in [0.5, 0.6) is 0 Å². The summed E-state index contributed by atoms with van der Waals surface area (Å²) in [5.74, 6) is 1.39. The van der Waals surface area contributed by atoms with Crippen molar-refractivity contribution in [2.75, 3.05) is 6.54 Å². The molecule has 15 heavy (non-hydrogen) atoms. The van der Waals surface area contributed by atoms with E-state index < -0.39 is 0 Å². The van der Waals surface area contributed by atoms with Crippen LogP contribution >= 0.6 is 0 Å². The minimum atomic E-state index is 0.0777.